The molecule has 1 aromatic heterocycles. The minimum atomic E-state index is 0.266. The van der Waals surface area contributed by atoms with Crippen molar-refractivity contribution >= 4 is 23.2 Å². The highest BCUT2D eigenvalue weighted by Gasteiger charge is 2.14. The lowest BCUT2D eigenvalue weighted by Gasteiger charge is -2.10. The molecule has 0 atom stereocenters. The zero-order chi connectivity index (χ0) is 12.3. The van der Waals surface area contributed by atoms with E-state index in [1.165, 1.54) is 0 Å². The number of aromatic nitrogens is 3. The fourth-order valence-corrected chi connectivity index (χ4v) is 1.97. The molecule has 0 spiro atoms. The molecule has 0 fully saturated rings. The van der Waals surface area contributed by atoms with Crippen molar-refractivity contribution in [3.8, 4) is 5.69 Å². The Balaban J connectivity index is 2.56. The molecule has 1 aromatic carbocycles. The first-order valence-corrected chi connectivity index (χ1v) is 5.92. The molecule has 0 aliphatic heterocycles. The molecule has 0 saturated heterocycles. The molecule has 0 radical (unpaired) electrons. The van der Waals surface area contributed by atoms with Crippen molar-refractivity contribution in [3.05, 3.63) is 40.9 Å². The third-order valence-electron chi connectivity index (χ3n) is 2.28. The Morgan fingerprint density at radius 1 is 1.24 bits per heavy atom. The summed E-state index contributed by atoms with van der Waals surface area (Å²) in [5.41, 5.74) is 0.807. The van der Waals surface area contributed by atoms with Crippen molar-refractivity contribution in [2.24, 2.45) is 0 Å². The van der Waals surface area contributed by atoms with Crippen molar-refractivity contribution in [3.63, 3.8) is 0 Å². The van der Waals surface area contributed by atoms with Gasteiger partial charge in [0.15, 0.2) is 11.6 Å². The molecular formula is C11H11Cl2N3O. The smallest absolute Gasteiger partial charge is 0.163 e. The lowest BCUT2D eigenvalue weighted by atomic mass is 10.3. The average molecular weight is 272 g/mol. The van der Waals surface area contributed by atoms with Crippen LogP contribution in [0.15, 0.2) is 24.3 Å². The predicted octanol–water partition coefficient (Wildman–Crippen LogP) is 2.81. The number of rotatable bonds is 4. The van der Waals surface area contributed by atoms with Gasteiger partial charge in [-0.05, 0) is 12.1 Å². The highest BCUT2D eigenvalue weighted by atomic mass is 35.5. The zero-order valence-electron chi connectivity index (χ0n) is 9.23. The second kappa shape index (κ2) is 5.49. The SMILES string of the molecule is COCc1nnc(CCl)n1-c1ccccc1Cl. The molecule has 0 amide bonds. The van der Waals surface area contributed by atoms with Gasteiger partial charge in [0, 0.05) is 7.11 Å². The van der Waals surface area contributed by atoms with E-state index in [0.29, 0.717) is 23.3 Å². The average Bonchev–Trinajstić information content (AvgIpc) is 2.73. The number of halogens is 2. The molecule has 4 nitrogen and oxygen atoms in total. The Morgan fingerprint density at radius 2 is 1.94 bits per heavy atom. The lowest BCUT2D eigenvalue weighted by Crippen LogP contribution is -2.06. The first-order chi connectivity index (χ1) is 8.27. The molecule has 6 heteroatoms. The van der Waals surface area contributed by atoms with Gasteiger partial charge in [-0.1, -0.05) is 23.7 Å². The maximum atomic E-state index is 6.16. The van der Waals surface area contributed by atoms with E-state index < -0.39 is 0 Å². The molecule has 2 rings (SSSR count). The highest BCUT2D eigenvalue weighted by molar-refractivity contribution is 6.32. The molecule has 0 N–H and O–H groups in total. The van der Waals surface area contributed by atoms with Crippen LogP contribution in [0.5, 0.6) is 0 Å². The first kappa shape index (κ1) is 12.4. The van der Waals surface area contributed by atoms with E-state index >= 15 is 0 Å². The van der Waals surface area contributed by atoms with E-state index in [4.69, 9.17) is 27.9 Å². The standard InChI is InChI=1S/C11H11Cl2N3O/c1-17-7-11-15-14-10(6-12)16(11)9-5-3-2-4-8(9)13/h2-5H,6-7H2,1H3. The molecular weight excluding hydrogens is 261 g/mol. The Hall–Kier alpha value is -1.10. The van der Waals surface area contributed by atoms with Crippen molar-refractivity contribution < 1.29 is 4.74 Å². The van der Waals surface area contributed by atoms with Crippen LogP contribution in [0.3, 0.4) is 0 Å². The number of ether oxygens (including phenoxy) is 1. The molecule has 0 bridgehead atoms. The maximum Gasteiger partial charge on any atom is 0.163 e. The summed E-state index contributed by atoms with van der Waals surface area (Å²) < 4.78 is 6.90. The van der Waals surface area contributed by atoms with Gasteiger partial charge in [0.25, 0.3) is 0 Å². The topological polar surface area (TPSA) is 39.9 Å². The van der Waals surface area contributed by atoms with E-state index in [1.54, 1.807) is 7.11 Å². The fraction of sp³-hybridized carbons (Fsp3) is 0.273. The lowest BCUT2D eigenvalue weighted by molar-refractivity contribution is 0.176. The van der Waals surface area contributed by atoms with Crippen LogP contribution in [-0.2, 0) is 17.2 Å². The van der Waals surface area contributed by atoms with E-state index in [0.717, 1.165) is 5.69 Å². The van der Waals surface area contributed by atoms with Crippen LogP contribution in [0.25, 0.3) is 5.69 Å². The third-order valence-corrected chi connectivity index (χ3v) is 2.84. The van der Waals surface area contributed by atoms with Crippen LogP contribution in [-0.4, -0.2) is 21.9 Å². The van der Waals surface area contributed by atoms with Gasteiger partial charge in [-0.15, -0.1) is 21.8 Å². The van der Waals surface area contributed by atoms with Crippen LogP contribution < -0.4 is 0 Å². The fourth-order valence-electron chi connectivity index (χ4n) is 1.57. The van der Waals surface area contributed by atoms with E-state index in [2.05, 4.69) is 10.2 Å². The number of nitrogens with zero attached hydrogens (tertiary/aromatic N) is 3. The maximum absolute atomic E-state index is 6.16. The van der Waals surface area contributed by atoms with E-state index in [9.17, 15) is 0 Å². The van der Waals surface area contributed by atoms with Crippen LogP contribution in [0.2, 0.25) is 5.02 Å². The second-order valence-electron chi connectivity index (χ2n) is 3.39. The van der Waals surface area contributed by atoms with Crippen LogP contribution >= 0.6 is 23.2 Å². The van der Waals surface area contributed by atoms with Crippen LogP contribution in [0.4, 0.5) is 0 Å². The third kappa shape index (κ3) is 2.44. The van der Waals surface area contributed by atoms with Crippen molar-refractivity contribution in [2.75, 3.05) is 7.11 Å². The molecule has 0 saturated carbocycles. The monoisotopic (exact) mass is 271 g/mol. The van der Waals surface area contributed by atoms with Gasteiger partial charge in [0.2, 0.25) is 0 Å². The quantitative estimate of drug-likeness (QED) is 0.803. The van der Waals surface area contributed by atoms with Crippen molar-refractivity contribution in [1.29, 1.82) is 0 Å². The molecule has 2 aromatic rings. The summed E-state index contributed by atoms with van der Waals surface area (Å²) in [7, 11) is 1.60. The minimum Gasteiger partial charge on any atom is -0.377 e. The van der Waals surface area contributed by atoms with Crippen molar-refractivity contribution in [2.45, 2.75) is 12.5 Å². The Kier molecular flexibility index (Phi) is 3.99. The predicted molar refractivity (Wildman–Crippen MR) is 66.6 cm³/mol. The Bertz CT molecular complexity index is 513. The van der Waals surface area contributed by atoms with Gasteiger partial charge in [0.1, 0.15) is 6.61 Å². The van der Waals surface area contributed by atoms with E-state index in [-0.39, 0.29) is 5.88 Å². The number of hydrogen-bond acceptors (Lipinski definition) is 3. The van der Waals surface area contributed by atoms with Crippen molar-refractivity contribution in [1.82, 2.24) is 14.8 Å². The Morgan fingerprint density at radius 3 is 2.59 bits per heavy atom. The van der Waals surface area contributed by atoms with Gasteiger partial charge in [-0.25, -0.2) is 0 Å². The van der Waals surface area contributed by atoms with Gasteiger partial charge >= 0.3 is 0 Å². The molecule has 0 unspecified atom stereocenters. The van der Waals surface area contributed by atoms with Crippen LogP contribution in [0, 0.1) is 0 Å². The summed E-state index contributed by atoms with van der Waals surface area (Å²) in [5, 5.41) is 8.67. The number of para-hydroxylation sites is 1. The number of hydrogen-bond donors (Lipinski definition) is 0. The van der Waals surface area contributed by atoms with Gasteiger partial charge in [0.05, 0.1) is 16.6 Å². The molecule has 17 heavy (non-hydrogen) atoms. The highest BCUT2D eigenvalue weighted by Crippen LogP contribution is 2.23. The van der Waals surface area contributed by atoms with Gasteiger partial charge in [-0.2, -0.15) is 0 Å². The molecule has 0 aliphatic carbocycles. The van der Waals surface area contributed by atoms with Gasteiger partial charge < -0.3 is 4.74 Å². The Labute approximate surface area is 109 Å². The number of methoxy groups -OCH3 is 1. The summed E-state index contributed by atoms with van der Waals surface area (Å²) in [6, 6.07) is 7.47. The summed E-state index contributed by atoms with van der Waals surface area (Å²) in [6.07, 6.45) is 0. The molecule has 90 valence electrons. The van der Waals surface area contributed by atoms with E-state index in [1.807, 2.05) is 28.8 Å². The largest absolute Gasteiger partial charge is 0.377 e. The normalized spacial score (nSPS) is 10.8. The molecule has 1 heterocycles. The summed E-state index contributed by atoms with van der Waals surface area (Å²) in [5.74, 6) is 1.59. The first-order valence-electron chi connectivity index (χ1n) is 5.01. The van der Waals surface area contributed by atoms with Gasteiger partial charge in [-0.3, -0.25) is 4.57 Å². The number of benzene rings is 1. The summed E-state index contributed by atoms with van der Waals surface area (Å²) >= 11 is 12.0. The summed E-state index contributed by atoms with van der Waals surface area (Å²) in [4.78, 5) is 0. The summed E-state index contributed by atoms with van der Waals surface area (Å²) in [6.45, 7) is 0.356. The zero-order valence-corrected chi connectivity index (χ0v) is 10.7. The minimum absolute atomic E-state index is 0.266. The van der Waals surface area contributed by atoms with Crippen LogP contribution in [0.1, 0.15) is 11.6 Å². The number of alkyl halides is 1. The second-order valence-corrected chi connectivity index (χ2v) is 4.06. The molecule has 0 aliphatic rings.